The molecule has 0 aliphatic heterocycles. The predicted molar refractivity (Wildman–Crippen MR) is 37.5 cm³/mol. The highest BCUT2D eigenvalue weighted by atomic mass is 16.6. The maximum absolute atomic E-state index is 10.0. The molecule has 0 bridgehead atoms. The van der Waals surface area contributed by atoms with Crippen molar-refractivity contribution in [3.05, 3.63) is 0 Å². The largest absolute Gasteiger partial charge is 0.374 e. The van der Waals surface area contributed by atoms with E-state index < -0.39 is 6.03 Å². The van der Waals surface area contributed by atoms with Crippen LogP contribution >= 0.6 is 0 Å². The zero-order valence-corrected chi connectivity index (χ0v) is 6.05. The Hall–Kier alpha value is -1.26. The summed E-state index contributed by atoms with van der Waals surface area (Å²) in [5, 5.41) is 5.75. The van der Waals surface area contributed by atoms with E-state index in [9.17, 15) is 4.79 Å². The number of nitrogens with two attached hydrogens (primary N) is 1. The zero-order chi connectivity index (χ0) is 7.98. The van der Waals surface area contributed by atoms with Crippen LogP contribution < -0.4 is 11.1 Å². The van der Waals surface area contributed by atoms with E-state index in [1.807, 2.05) is 0 Å². The van der Waals surface area contributed by atoms with Crippen molar-refractivity contribution in [2.24, 2.45) is 10.9 Å². The second-order valence-corrected chi connectivity index (χ2v) is 1.85. The second-order valence-electron chi connectivity index (χ2n) is 1.85. The molecule has 58 valence electrons. The van der Waals surface area contributed by atoms with E-state index in [2.05, 4.69) is 15.3 Å². The first kappa shape index (κ1) is 8.74. The minimum Gasteiger partial charge on any atom is -0.374 e. The Bertz CT molecular complexity index is 140. The number of nitrogens with zero attached hydrogens (tertiary/aromatic N) is 1. The molecule has 0 aromatic heterocycles. The van der Waals surface area contributed by atoms with Crippen molar-refractivity contribution < 1.29 is 9.63 Å². The van der Waals surface area contributed by atoms with Crippen LogP contribution in [0.2, 0.25) is 0 Å². The van der Waals surface area contributed by atoms with Crippen LogP contribution in [0.25, 0.3) is 0 Å². The van der Waals surface area contributed by atoms with Gasteiger partial charge in [0.15, 0.2) is 6.73 Å². The lowest BCUT2D eigenvalue weighted by atomic mass is 10.5. The average molecular weight is 145 g/mol. The molecule has 2 amide bonds. The molecule has 0 atom stereocenters. The molecule has 0 unspecified atom stereocenters. The Morgan fingerprint density at radius 3 is 2.70 bits per heavy atom. The first-order valence-electron chi connectivity index (χ1n) is 2.79. The molecular weight excluding hydrogens is 134 g/mol. The van der Waals surface area contributed by atoms with E-state index in [-0.39, 0.29) is 6.73 Å². The molecule has 0 heterocycles. The van der Waals surface area contributed by atoms with Crippen LogP contribution in [0.15, 0.2) is 5.16 Å². The molecule has 3 N–H and O–H groups in total. The van der Waals surface area contributed by atoms with Gasteiger partial charge in [0.1, 0.15) is 0 Å². The molecule has 0 aromatic rings. The number of nitrogens with one attached hydrogen (secondary N) is 1. The van der Waals surface area contributed by atoms with E-state index in [4.69, 9.17) is 5.73 Å². The number of hydrogen-bond acceptors (Lipinski definition) is 3. The summed E-state index contributed by atoms with van der Waals surface area (Å²) in [5.41, 5.74) is 5.51. The number of carbonyl (C=O) groups is 1. The molecule has 0 spiro atoms. The molecule has 0 radical (unpaired) electrons. The van der Waals surface area contributed by atoms with E-state index in [0.717, 1.165) is 5.71 Å². The monoisotopic (exact) mass is 145 g/mol. The summed E-state index contributed by atoms with van der Waals surface area (Å²) < 4.78 is 0. The Balaban J connectivity index is 3.21. The number of primary amides is 1. The molecule has 0 aliphatic carbocycles. The van der Waals surface area contributed by atoms with Gasteiger partial charge in [-0.25, -0.2) is 4.79 Å². The highest BCUT2D eigenvalue weighted by Crippen LogP contribution is 1.75. The Labute approximate surface area is 59.2 Å². The Morgan fingerprint density at radius 1 is 1.70 bits per heavy atom. The highest BCUT2D eigenvalue weighted by molar-refractivity contribution is 5.78. The summed E-state index contributed by atoms with van der Waals surface area (Å²) in [4.78, 5) is 14.6. The van der Waals surface area contributed by atoms with Crippen LogP contribution in [-0.2, 0) is 4.84 Å². The minimum atomic E-state index is -0.621. The lowest BCUT2D eigenvalue weighted by Gasteiger charge is -1.98. The maximum Gasteiger partial charge on any atom is 0.314 e. The van der Waals surface area contributed by atoms with Gasteiger partial charge in [-0.15, -0.1) is 0 Å². The molecule has 0 saturated carbocycles. The van der Waals surface area contributed by atoms with Crippen molar-refractivity contribution in [3.63, 3.8) is 0 Å². The maximum atomic E-state index is 10.0. The van der Waals surface area contributed by atoms with Gasteiger partial charge in [0.25, 0.3) is 0 Å². The van der Waals surface area contributed by atoms with Crippen LogP contribution in [0, 0.1) is 0 Å². The van der Waals surface area contributed by atoms with E-state index >= 15 is 0 Å². The minimum absolute atomic E-state index is 0.0144. The van der Waals surface area contributed by atoms with Gasteiger partial charge in [0, 0.05) is 0 Å². The summed E-state index contributed by atoms with van der Waals surface area (Å²) in [5.74, 6) is 0. The third kappa shape index (κ3) is 6.74. The second kappa shape index (κ2) is 4.60. The molecular formula is C5H11N3O2. The number of oxime groups is 1. The van der Waals surface area contributed by atoms with Crippen molar-refractivity contribution in [3.8, 4) is 0 Å². The van der Waals surface area contributed by atoms with Gasteiger partial charge in [0.2, 0.25) is 0 Å². The number of carbonyl (C=O) groups excluding carboxylic acids is 1. The van der Waals surface area contributed by atoms with Crippen molar-refractivity contribution in [1.29, 1.82) is 0 Å². The lowest BCUT2D eigenvalue weighted by Crippen LogP contribution is -2.30. The highest BCUT2D eigenvalue weighted by Gasteiger charge is 1.87. The summed E-state index contributed by atoms with van der Waals surface area (Å²) in [6, 6.07) is -0.621. The topological polar surface area (TPSA) is 76.7 Å². The van der Waals surface area contributed by atoms with Gasteiger partial charge < -0.3 is 15.9 Å². The van der Waals surface area contributed by atoms with Crippen molar-refractivity contribution in [2.75, 3.05) is 6.73 Å². The lowest BCUT2D eigenvalue weighted by molar-refractivity contribution is 0.130. The van der Waals surface area contributed by atoms with Crippen LogP contribution in [-0.4, -0.2) is 18.5 Å². The molecule has 5 heteroatoms. The van der Waals surface area contributed by atoms with Gasteiger partial charge in [-0.05, 0) is 13.8 Å². The summed E-state index contributed by atoms with van der Waals surface area (Å²) in [7, 11) is 0. The molecule has 0 saturated heterocycles. The number of hydrogen-bond donors (Lipinski definition) is 2. The van der Waals surface area contributed by atoms with Gasteiger partial charge in [-0.2, -0.15) is 0 Å². The van der Waals surface area contributed by atoms with Crippen LogP contribution in [0.3, 0.4) is 0 Å². The van der Waals surface area contributed by atoms with Gasteiger partial charge in [-0.1, -0.05) is 5.16 Å². The standard InChI is InChI=1S/C5H11N3O2/c1-4(2)8-10-3-7-5(6)9/h3H2,1-2H3,(H3,6,7,9). The Morgan fingerprint density at radius 2 is 2.30 bits per heavy atom. The van der Waals surface area contributed by atoms with Crippen molar-refractivity contribution >= 4 is 11.7 Å². The quantitative estimate of drug-likeness (QED) is 0.254. The third-order valence-electron chi connectivity index (χ3n) is 0.558. The van der Waals surface area contributed by atoms with Crippen molar-refractivity contribution in [2.45, 2.75) is 13.8 Å². The van der Waals surface area contributed by atoms with Gasteiger partial charge in [-0.3, -0.25) is 0 Å². The van der Waals surface area contributed by atoms with Crippen LogP contribution in [0.1, 0.15) is 13.8 Å². The predicted octanol–water partition coefficient (Wildman–Crippen LogP) is 0.0246. The van der Waals surface area contributed by atoms with Crippen molar-refractivity contribution in [1.82, 2.24) is 5.32 Å². The first-order chi connectivity index (χ1) is 4.63. The molecule has 0 aromatic carbocycles. The smallest absolute Gasteiger partial charge is 0.314 e. The Kier molecular flexibility index (Phi) is 4.02. The molecule has 5 nitrogen and oxygen atoms in total. The third-order valence-corrected chi connectivity index (χ3v) is 0.558. The molecule has 10 heavy (non-hydrogen) atoms. The fourth-order valence-corrected chi connectivity index (χ4v) is 0.265. The van der Waals surface area contributed by atoms with Crippen LogP contribution in [0.4, 0.5) is 4.79 Å². The SMILES string of the molecule is CC(C)=NOCNC(N)=O. The van der Waals surface area contributed by atoms with E-state index in [0.29, 0.717) is 0 Å². The fraction of sp³-hybridized carbons (Fsp3) is 0.600. The number of amides is 2. The molecule has 0 fully saturated rings. The summed E-state index contributed by atoms with van der Waals surface area (Å²) in [6.07, 6.45) is 0. The number of rotatable bonds is 3. The summed E-state index contributed by atoms with van der Waals surface area (Å²) in [6.45, 7) is 3.58. The fourth-order valence-electron chi connectivity index (χ4n) is 0.265. The average Bonchev–Trinajstić information content (AvgIpc) is 1.79. The van der Waals surface area contributed by atoms with Gasteiger partial charge in [0.05, 0.1) is 5.71 Å². The number of urea groups is 1. The first-order valence-corrected chi connectivity index (χ1v) is 2.79. The van der Waals surface area contributed by atoms with Crippen LogP contribution in [0.5, 0.6) is 0 Å². The van der Waals surface area contributed by atoms with Gasteiger partial charge >= 0.3 is 6.03 Å². The molecule has 0 rings (SSSR count). The normalized spacial score (nSPS) is 8.20. The summed E-state index contributed by atoms with van der Waals surface area (Å²) >= 11 is 0. The van der Waals surface area contributed by atoms with E-state index in [1.165, 1.54) is 0 Å². The zero-order valence-electron chi connectivity index (χ0n) is 6.05. The van der Waals surface area contributed by atoms with E-state index in [1.54, 1.807) is 13.8 Å². The molecule has 0 aliphatic rings.